The summed E-state index contributed by atoms with van der Waals surface area (Å²) >= 11 is 0. The number of rotatable bonds is 8. The standard InChI is InChI=1S/C27H28F2N4O5/c1-32-14-20(16-4-6-18(28)7-5-16)30-26(32)24(35)27(36)31-21(15-33-8-2-3-9-33)23(34)17-12-19(29)25-22(13-17)37-10-11-38-25/h4-7,12-14,21,23,34H,2-3,8-11,15H2,1H3,(H,31,36)/t21-,23-/m1/s1. The van der Waals surface area contributed by atoms with E-state index in [4.69, 9.17) is 9.47 Å². The number of likely N-dealkylation sites (tertiary alicyclic amines) is 1. The van der Waals surface area contributed by atoms with Crippen LogP contribution in [0.1, 0.15) is 35.1 Å². The third-order valence-corrected chi connectivity index (χ3v) is 6.74. The minimum Gasteiger partial charge on any atom is -0.486 e. The average Bonchev–Trinajstić information content (AvgIpc) is 3.57. The number of hydrogen-bond donors (Lipinski definition) is 2. The number of amides is 1. The fourth-order valence-electron chi connectivity index (χ4n) is 4.77. The number of benzene rings is 2. The van der Waals surface area contributed by atoms with Crippen LogP contribution in [0.25, 0.3) is 11.3 Å². The lowest BCUT2D eigenvalue weighted by atomic mass is 10.00. The van der Waals surface area contributed by atoms with Crippen molar-refractivity contribution in [2.24, 2.45) is 7.05 Å². The van der Waals surface area contributed by atoms with Crippen LogP contribution in [0, 0.1) is 11.6 Å². The van der Waals surface area contributed by atoms with Gasteiger partial charge in [-0.25, -0.2) is 13.8 Å². The van der Waals surface area contributed by atoms with Crippen LogP contribution in [0.3, 0.4) is 0 Å². The first kappa shape index (κ1) is 25.8. The maximum atomic E-state index is 14.7. The molecule has 38 heavy (non-hydrogen) atoms. The summed E-state index contributed by atoms with van der Waals surface area (Å²) < 4.78 is 40.2. The average molecular weight is 527 g/mol. The molecule has 0 unspecified atom stereocenters. The fraction of sp³-hybridized carbons (Fsp3) is 0.370. The van der Waals surface area contributed by atoms with Crippen molar-refractivity contribution in [2.45, 2.75) is 25.0 Å². The lowest BCUT2D eigenvalue weighted by Gasteiger charge is -2.29. The largest absolute Gasteiger partial charge is 0.486 e. The van der Waals surface area contributed by atoms with Crippen LogP contribution in [0.15, 0.2) is 42.6 Å². The van der Waals surface area contributed by atoms with E-state index >= 15 is 0 Å². The molecule has 0 bridgehead atoms. The number of nitrogens with zero attached hydrogens (tertiary/aromatic N) is 3. The zero-order valence-corrected chi connectivity index (χ0v) is 20.8. The highest BCUT2D eigenvalue weighted by atomic mass is 19.1. The molecular formula is C27H28F2N4O5. The Bertz CT molecular complexity index is 1340. The molecule has 200 valence electrons. The second kappa shape index (κ2) is 10.9. The Balaban J connectivity index is 1.37. The Morgan fingerprint density at radius 3 is 2.55 bits per heavy atom. The molecule has 1 fully saturated rings. The molecule has 5 rings (SSSR count). The minimum atomic E-state index is -1.33. The summed E-state index contributed by atoms with van der Waals surface area (Å²) in [6, 6.07) is 7.34. The summed E-state index contributed by atoms with van der Waals surface area (Å²) in [7, 11) is 1.58. The predicted molar refractivity (Wildman–Crippen MR) is 133 cm³/mol. The van der Waals surface area contributed by atoms with Crippen molar-refractivity contribution in [2.75, 3.05) is 32.8 Å². The highest BCUT2D eigenvalue weighted by Crippen LogP contribution is 2.36. The summed E-state index contributed by atoms with van der Waals surface area (Å²) in [5, 5.41) is 13.9. The van der Waals surface area contributed by atoms with Gasteiger partial charge in [-0.2, -0.15) is 0 Å². The van der Waals surface area contributed by atoms with Gasteiger partial charge in [0.2, 0.25) is 0 Å². The van der Waals surface area contributed by atoms with Crippen LogP contribution in [-0.4, -0.2) is 70.1 Å². The van der Waals surface area contributed by atoms with Gasteiger partial charge < -0.3 is 29.4 Å². The summed E-state index contributed by atoms with van der Waals surface area (Å²) in [5.41, 5.74) is 1.19. The number of Topliss-reactive ketones (excluding diaryl/α,β-unsaturated/α-hetero) is 1. The highest BCUT2D eigenvalue weighted by Gasteiger charge is 2.32. The number of ether oxygens (including phenoxy) is 2. The van der Waals surface area contributed by atoms with Gasteiger partial charge in [0.05, 0.1) is 11.7 Å². The smallest absolute Gasteiger partial charge is 0.296 e. The zero-order valence-electron chi connectivity index (χ0n) is 20.8. The van der Waals surface area contributed by atoms with E-state index < -0.39 is 35.5 Å². The Morgan fingerprint density at radius 1 is 1.11 bits per heavy atom. The van der Waals surface area contributed by atoms with Gasteiger partial charge in [-0.05, 0) is 67.9 Å². The van der Waals surface area contributed by atoms with Gasteiger partial charge in [0.25, 0.3) is 11.7 Å². The molecule has 0 saturated carbocycles. The lowest BCUT2D eigenvalue weighted by Crippen LogP contribution is -2.49. The van der Waals surface area contributed by atoms with Crippen molar-refractivity contribution in [3.8, 4) is 22.8 Å². The number of ketones is 1. The van der Waals surface area contributed by atoms with E-state index in [1.807, 2.05) is 0 Å². The van der Waals surface area contributed by atoms with Crippen LogP contribution >= 0.6 is 0 Å². The van der Waals surface area contributed by atoms with Crippen LogP contribution in [-0.2, 0) is 11.8 Å². The lowest BCUT2D eigenvalue weighted by molar-refractivity contribution is -0.118. The fourth-order valence-corrected chi connectivity index (χ4v) is 4.77. The van der Waals surface area contributed by atoms with Crippen molar-refractivity contribution < 1.29 is 33.0 Å². The quantitative estimate of drug-likeness (QED) is 0.343. The Labute approximate surface area is 218 Å². The van der Waals surface area contributed by atoms with E-state index in [0.29, 0.717) is 11.3 Å². The molecule has 2 aliphatic heterocycles. The van der Waals surface area contributed by atoms with Gasteiger partial charge in [0, 0.05) is 25.4 Å². The molecular weight excluding hydrogens is 498 g/mol. The van der Waals surface area contributed by atoms with Crippen molar-refractivity contribution in [1.82, 2.24) is 19.8 Å². The van der Waals surface area contributed by atoms with E-state index in [9.17, 15) is 23.5 Å². The van der Waals surface area contributed by atoms with Gasteiger partial charge in [0.15, 0.2) is 23.1 Å². The molecule has 11 heteroatoms. The highest BCUT2D eigenvalue weighted by molar-refractivity contribution is 6.42. The number of aliphatic hydroxyl groups is 1. The van der Waals surface area contributed by atoms with Crippen LogP contribution < -0.4 is 14.8 Å². The number of halogens is 2. The van der Waals surface area contributed by atoms with E-state index in [2.05, 4.69) is 15.2 Å². The second-order valence-corrected chi connectivity index (χ2v) is 9.46. The van der Waals surface area contributed by atoms with Gasteiger partial charge in [-0.15, -0.1) is 0 Å². The number of aromatic nitrogens is 2. The topological polar surface area (TPSA) is 106 Å². The third-order valence-electron chi connectivity index (χ3n) is 6.74. The Hall–Kier alpha value is -3.83. The summed E-state index contributed by atoms with van der Waals surface area (Å²) in [6.07, 6.45) is 2.21. The van der Waals surface area contributed by atoms with Gasteiger partial charge in [-0.3, -0.25) is 9.59 Å². The van der Waals surface area contributed by atoms with Crippen LogP contribution in [0.2, 0.25) is 0 Å². The van der Waals surface area contributed by atoms with E-state index in [1.165, 1.54) is 34.9 Å². The third kappa shape index (κ3) is 5.39. The van der Waals surface area contributed by atoms with Gasteiger partial charge in [-0.1, -0.05) is 0 Å². The van der Waals surface area contributed by atoms with Crippen molar-refractivity contribution in [3.63, 3.8) is 0 Å². The maximum absolute atomic E-state index is 14.7. The molecule has 0 aliphatic carbocycles. The molecule has 2 aromatic carbocycles. The normalized spacial score (nSPS) is 16.7. The molecule has 0 radical (unpaired) electrons. The monoisotopic (exact) mass is 526 g/mol. The summed E-state index contributed by atoms with van der Waals surface area (Å²) in [4.78, 5) is 32.5. The molecule has 1 saturated heterocycles. The molecule has 3 aromatic rings. The Morgan fingerprint density at radius 2 is 1.82 bits per heavy atom. The second-order valence-electron chi connectivity index (χ2n) is 9.46. The molecule has 2 atom stereocenters. The first-order valence-electron chi connectivity index (χ1n) is 12.4. The van der Waals surface area contributed by atoms with Crippen molar-refractivity contribution >= 4 is 11.7 Å². The molecule has 2 N–H and O–H groups in total. The predicted octanol–water partition coefficient (Wildman–Crippen LogP) is 2.63. The van der Waals surface area contributed by atoms with Crippen molar-refractivity contribution in [1.29, 1.82) is 0 Å². The van der Waals surface area contributed by atoms with Crippen LogP contribution in [0.5, 0.6) is 11.5 Å². The number of carbonyl (C=O) groups excluding carboxylic acids is 2. The number of nitrogens with one attached hydrogen (secondary N) is 1. The SMILES string of the molecule is Cn1cc(-c2ccc(F)cc2)nc1C(=O)C(=O)N[C@H](CN1CCCC1)[C@H](O)c1cc(F)c2c(c1)OCCO2. The number of hydrogen-bond acceptors (Lipinski definition) is 7. The zero-order chi connectivity index (χ0) is 26.8. The van der Waals surface area contributed by atoms with Crippen molar-refractivity contribution in [3.05, 3.63) is 65.6 Å². The van der Waals surface area contributed by atoms with Gasteiger partial charge in [0.1, 0.15) is 25.1 Å². The number of aryl methyl sites for hydroxylation is 1. The molecule has 9 nitrogen and oxygen atoms in total. The molecule has 2 aliphatic rings. The number of fused-ring (bicyclic) bond motifs is 1. The Kier molecular flexibility index (Phi) is 7.39. The number of carbonyl (C=O) groups is 2. The molecule has 1 aromatic heterocycles. The first-order chi connectivity index (χ1) is 18.3. The van der Waals surface area contributed by atoms with Gasteiger partial charge >= 0.3 is 0 Å². The van der Waals surface area contributed by atoms with E-state index in [1.54, 1.807) is 13.2 Å². The summed E-state index contributed by atoms with van der Waals surface area (Å²) in [5.74, 6) is -2.89. The summed E-state index contributed by atoms with van der Waals surface area (Å²) in [6.45, 7) is 2.29. The molecule has 1 amide bonds. The number of imidazole rings is 1. The van der Waals surface area contributed by atoms with Crippen LogP contribution in [0.4, 0.5) is 8.78 Å². The maximum Gasteiger partial charge on any atom is 0.296 e. The molecule has 0 spiro atoms. The van der Waals surface area contributed by atoms with E-state index in [0.717, 1.165) is 32.0 Å². The number of aliphatic hydroxyl groups excluding tert-OH is 1. The van der Waals surface area contributed by atoms with E-state index in [-0.39, 0.29) is 42.6 Å². The molecule has 3 heterocycles. The minimum absolute atomic E-state index is 0.0192. The first-order valence-corrected chi connectivity index (χ1v) is 12.4.